The van der Waals surface area contributed by atoms with Crippen LogP contribution in [-0.2, 0) is 9.59 Å². The lowest BCUT2D eigenvalue weighted by Gasteiger charge is -2.30. The van der Waals surface area contributed by atoms with Crippen LogP contribution < -0.4 is 11.1 Å². The number of carbonyl (C=O) groups excluding carboxylic acids is 2. The Labute approximate surface area is 138 Å². The number of para-hydroxylation sites is 1. The summed E-state index contributed by atoms with van der Waals surface area (Å²) >= 11 is 0. The predicted octanol–water partition coefficient (Wildman–Crippen LogP) is 2.36. The predicted molar refractivity (Wildman–Crippen MR) is 92.2 cm³/mol. The Morgan fingerprint density at radius 3 is 2.30 bits per heavy atom. The number of carbonyl (C=O) groups is 2. The van der Waals surface area contributed by atoms with Crippen molar-refractivity contribution in [3.8, 4) is 0 Å². The maximum atomic E-state index is 12.6. The van der Waals surface area contributed by atoms with Crippen molar-refractivity contribution >= 4 is 17.5 Å². The van der Waals surface area contributed by atoms with Gasteiger partial charge in [0.05, 0.1) is 12.1 Å². The molecule has 3 N–H and O–H groups in total. The van der Waals surface area contributed by atoms with Crippen LogP contribution in [0, 0.1) is 13.8 Å². The number of nitrogens with two attached hydrogens (primary N) is 1. The lowest BCUT2D eigenvalue weighted by molar-refractivity contribution is -0.139. The van der Waals surface area contributed by atoms with Gasteiger partial charge in [-0.1, -0.05) is 31.0 Å². The van der Waals surface area contributed by atoms with Gasteiger partial charge in [0.25, 0.3) is 0 Å². The molecule has 0 aliphatic heterocycles. The minimum Gasteiger partial charge on any atom is -0.332 e. The topological polar surface area (TPSA) is 75.4 Å². The minimum absolute atomic E-state index is 0.0437. The number of aryl methyl sites for hydroxylation is 2. The molecule has 0 unspecified atom stereocenters. The molecule has 0 atom stereocenters. The van der Waals surface area contributed by atoms with E-state index < -0.39 is 5.54 Å². The second kappa shape index (κ2) is 7.13. The van der Waals surface area contributed by atoms with Crippen LogP contribution >= 0.6 is 0 Å². The van der Waals surface area contributed by atoms with Gasteiger partial charge in [-0.3, -0.25) is 9.59 Å². The van der Waals surface area contributed by atoms with Crippen LogP contribution in [0.15, 0.2) is 18.2 Å². The summed E-state index contributed by atoms with van der Waals surface area (Å²) in [6.45, 7) is 6.32. The van der Waals surface area contributed by atoms with Crippen LogP contribution in [0.4, 0.5) is 5.69 Å². The molecule has 23 heavy (non-hydrogen) atoms. The third kappa shape index (κ3) is 3.91. The van der Waals surface area contributed by atoms with E-state index in [4.69, 9.17) is 5.73 Å². The maximum absolute atomic E-state index is 12.6. The molecule has 1 aromatic rings. The SMILES string of the molecule is CCN(CC(=O)Nc1c(C)cccc1C)C(=O)C1(N)CCCC1. The molecule has 1 aliphatic carbocycles. The molecule has 0 radical (unpaired) electrons. The number of nitrogens with zero attached hydrogens (tertiary/aromatic N) is 1. The van der Waals surface area contributed by atoms with Crippen LogP contribution in [0.3, 0.4) is 0 Å². The quantitative estimate of drug-likeness (QED) is 0.875. The van der Waals surface area contributed by atoms with Crippen LogP contribution in [0.5, 0.6) is 0 Å². The number of hydrogen-bond donors (Lipinski definition) is 2. The van der Waals surface area contributed by atoms with E-state index in [9.17, 15) is 9.59 Å². The molecule has 0 bridgehead atoms. The van der Waals surface area contributed by atoms with Crippen molar-refractivity contribution < 1.29 is 9.59 Å². The highest BCUT2D eigenvalue weighted by atomic mass is 16.2. The number of rotatable bonds is 5. The van der Waals surface area contributed by atoms with E-state index in [0.717, 1.165) is 29.7 Å². The van der Waals surface area contributed by atoms with E-state index in [1.165, 1.54) is 0 Å². The van der Waals surface area contributed by atoms with Crippen LogP contribution in [-0.4, -0.2) is 35.3 Å². The number of anilines is 1. The number of hydrogen-bond acceptors (Lipinski definition) is 3. The normalized spacial score (nSPS) is 16.2. The van der Waals surface area contributed by atoms with Crippen LogP contribution in [0.25, 0.3) is 0 Å². The summed E-state index contributed by atoms with van der Waals surface area (Å²) in [7, 11) is 0. The zero-order valence-electron chi connectivity index (χ0n) is 14.3. The van der Waals surface area contributed by atoms with Crippen molar-refractivity contribution in [2.45, 2.75) is 52.0 Å². The molecule has 0 heterocycles. The Bertz CT molecular complexity index is 572. The first-order chi connectivity index (χ1) is 10.9. The van der Waals surface area contributed by atoms with Crippen molar-refractivity contribution in [3.05, 3.63) is 29.3 Å². The van der Waals surface area contributed by atoms with Gasteiger partial charge in [0.15, 0.2) is 0 Å². The third-order valence-corrected chi connectivity index (χ3v) is 4.67. The summed E-state index contributed by atoms with van der Waals surface area (Å²) in [5, 5.41) is 2.93. The monoisotopic (exact) mass is 317 g/mol. The summed E-state index contributed by atoms with van der Waals surface area (Å²) in [5.41, 5.74) is 8.30. The van der Waals surface area contributed by atoms with E-state index in [2.05, 4.69) is 5.32 Å². The molecular formula is C18H27N3O2. The molecule has 126 valence electrons. The van der Waals surface area contributed by atoms with E-state index in [0.29, 0.717) is 19.4 Å². The van der Waals surface area contributed by atoms with Gasteiger partial charge in [-0.15, -0.1) is 0 Å². The Balaban J connectivity index is 2.04. The number of likely N-dealkylation sites (N-methyl/N-ethyl adjacent to an activating group) is 1. The lowest BCUT2D eigenvalue weighted by atomic mass is 9.97. The first kappa shape index (κ1) is 17.5. The Hall–Kier alpha value is -1.88. The number of nitrogens with one attached hydrogen (secondary N) is 1. The molecule has 2 amide bonds. The smallest absolute Gasteiger partial charge is 0.244 e. The van der Waals surface area contributed by atoms with E-state index in [1.54, 1.807) is 4.90 Å². The van der Waals surface area contributed by atoms with Gasteiger partial charge in [-0.2, -0.15) is 0 Å². The molecule has 0 saturated heterocycles. The highest BCUT2D eigenvalue weighted by Crippen LogP contribution is 2.29. The highest BCUT2D eigenvalue weighted by Gasteiger charge is 2.39. The zero-order chi connectivity index (χ0) is 17.0. The van der Waals surface area contributed by atoms with Crippen molar-refractivity contribution in [2.24, 2.45) is 5.73 Å². The summed E-state index contributed by atoms with van der Waals surface area (Å²) in [6.07, 6.45) is 3.38. The second-order valence-corrected chi connectivity index (χ2v) is 6.50. The van der Waals surface area contributed by atoms with Gasteiger partial charge < -0.3 is 16.0 Å². The molecule has 1 fully saturated rings. The van der Waals surface area contributed by atoms with Gasteiger partial charge in [0.1, 0.15) is 0 Å². The highest BCUT2D eigenvalue weighted by molar-refractivity contribution is 5.97. The Kier molecular flexibility index (Phi) is 5.42. The van der Waals surface area contributed by atoms with Gasteiger partial charge >= 0.3 is 0 Å². The fourth-order valence-electron chi connectivity index (χ4n) is 3.23. The van der Waals surface area contributed by atoms with Crippen molar-refractivity contribution in [2.75, 3.05) is 18.4 Å². The van der Waals surface area contributed by atoms with Crippen LogP contribution in [0.1, 0.15) is 43.7 Å². The van der Waals surface area contributed by atoms with E-state index in [1.807, 2.05) is 39.0 Å². The molecule has 1 aliphatic rings. The molecule has 2 rings (SSSR count). The number of benzene rings is 1. The minimum atomic E-state index is -0.783. The van der Waals surface area contributed by atoms with Crippen molar-refractivity contribution in [3.63, 3.8) is 0 Å². The third-order valence-electron chi connectivity index (χ3n) is 4.67. The van der Waals surface area contributed by atoms with Crippen molar-refractivity contribution in [1.82, 2.24) is 4.90 Å². The summed E-state index contributed by atoms with van der Waals surface area (Å²) in [4.78, 5) is 26.6. The lowest BCUT2D eigenvalue weighted by Crippen LogP contribution is -2.55. The molecule has 5 nitrogen and oxygen atoms in total. The first-order valence-corrected chi connectivity index (χ1v) is 8.31. The average molecular weight is 317 g/mol. The zero-order valence-corrected chi connectivity index (χ0v) is 14.3. The molecule has 1 aromatic carbocycles. The summed E-state index contributed by atoms with van der Waals surface area (Å²) in [6, 6.07) is 5.87. The van der Waals surface area contributed by atoms with E-state index in [-0.39, 0.29) is 18.4 Å². The largest absolute Gasteiger partial charge is 0.332 e. The van der Waals surface area contributed by atoms with Gasteiger partial charge in [-0.05, 0) is 44.7 Å². The molecular weight excluding hydrogens is 290 g/mol. The molecule has 5 heteroatoms. The Morgan fingerprint density at radius 2 is 1.78 bits per heavy atom. The first-order valence-electron chi connectivity index (χ1n) is 8.31. The van der Waals surface area contributed by atoms with Crippen LogP contribution in [0.2, 0.25) is 0 Å². The second-order valence-electron chi connectivity index (χ2n) is 6.50. The summed E-state index contributed by atoms with van der Waals surface area (Å²) in [5.74, 6) is -0.284. The average Bonchev–Trinajstić information content (AvgIpc) is 2.96. The molecule has 1 saturated carbocycles. The fourth-order valence-corrected chi connectivity index (χ4v) is 3.23. The standard InChI is InChI=1S/C18H27N3O2/c1-4-21(17(23)18(19)10-5-6-11-18)12-15(22)20-16-13(2)8-7-9-14(16)3/h7-9H,4-6,10-12,19H2,1-3H3,(H,20,22). The van der Waals surface area contributed by atoms with Gasteiger partial charge in [0, 0.05) is 12.2 Å². The number of amides is 2. The van der Waals surface area contributed by atoms with E-state index >= 15 is 0 Å². The molecule has 0 spiro atoms. The maximum Gasteiger partial charge on any atom is 0.244 e. The van der Waals surface area contributed by atoms with Gasteiger partial charge in [-0.25, -0.2) is 0 Å². The van der Waals surface area contributed by atoms with Gasteiger partial charge in [0.2, 0.25) is 11.8 Å². The molecule has 0 aromatic heterocycles. The Morgan fingerprint density at radius 1 is 1.22 bits per heavy atom. The fraction of sp³-hybridized carbons (Fsp3) is 0.556. The van der Waals surface area contributed by atoms with Crippen molar-refractivity contribution in [1.29, 1.82) is 0 Å². The summed E-state index contributed by atoms with van der Waals surface area (Å²) < 4.78 is 0.